The minimum Gasteiger partial charge on any atom is -0.457 e. The van der Waals surface area contributed by atoms with Gasteiger partial charge in [-0.05, 0) is 61.4 Å². The number of amides is 3. The van der Waals surface area contributed by atoms with Crippen LogP contribution in [0.1, 0.15) is 57.0 Å². The third-order valence-corrected chi connectivity index (χ3v) is 7.13. The van der Waals surface area contributed by atoms with Crippen molar-refractivity contribution in [3.8, 4) is 5.75 Å². The number of hydrogen-bond donors (Lipinski definition) is 0. The van der Waals surface area contributed by atoms with E-state index in [0.717, 1.165) is 22.9 Å². The first-order valence-electron chi connectivity index (χ1n) is 12.2. The minimum absolute atomic E-state index is 0.0272. The monoisotopic (exact) mass is 534 g/mol. The van der Waals surface area contributed by atoms with Gasteiger partial charge in [0.2, 0.25) is 5.76 Å². The molecule has 3 amide bonds. The van der Waals surface area contributed by atoms with E-state index in [4.69, 9.17) is 20.8 Å². The zero-order valence-corrected chi connectivity index (χ0v) is 20.9. The standard InChI is InChI=1S/C28H23ClN2O7/c29-22-9-4-3-8-21(22)25(33)30(31-26(34)19-6-1-2-7-20(19)27(31)35)16-23(32)17-11-13-18(14-12-17)38-28(36)24-10-5-15-37-24/h3-5,8-15,19-20H,1-2,6-7,16H2/t19-,20-/m0/s1. The van der Waals surface area contributed by atoms with Crippen LogP contribution in [0.5, 0.6) is 5.75 Å². The molecule has 2 heterocycles. The summed E-state index contributed by atoms with van der Waals surface area (Å²) in [4.78, 5) is 65.5. The molecule has 0 spiro atoms. The lowest BCUT2D eigenvalue weighted by Gasteiger charge is -2.30. The Labute approximate surface area is 222 Å². The first kappa shape index (κ1) is 25.4. The summed E-state index contributed by atoms with van der Waals surface area (Å²) in [5.74, 6) is -3.70. The van der Waals surface area contributed by atoms with E-state index in [2.05, 4.69) is 0 Å². The van der Waals surface area contributed by atoms with Crippen molar-refractivity contribution < 1.29 is 33.1 Å². The second-order valence-electron chi connectivity index (χ2n) is 9.14. The average Bonchev–Trinajstić information content (AvgIpc) is 3.55. The lowest BCUT2D eigenvalue weighted by atomic mass is 9.81. The van der Waals surface area contributed by atoms with Crippen LogP contribution in [0.3, 0.4) is 0 Å². The number of benzene rings is 2. The van der Waals surface area contributed by atoms with Crippen LogP contribution in [-0.2, 0) is 9.59 Å². The third kappa shape index (κ3) is 4.84. The van der Waals surface area contributed by atoms with Gasteiger partial charge in [0, 0.05) is 5.56 Å². The summed E-state index contributed by atoms with van der Waals surface area (Å²) < 4.78 is 10.2. The molecule has 10 heteroatoms. The molecule has 1 aliphatic heterocycles. The van der Waals surface area contributed by atoms with Gasteiger partial charge in [0.15, 0.2) is 5.78 Å². The van der Waals surface area contributed by atoms with E-state index >= 15 is 0 Å². The van der Waals surface area contributed by atoms with Gasteiger partial charge in [-0.3, -0.25) is 19.2 Å². The highest BCUT2D eigenvalue weighted by molar-refractivity contribution is 6.34. The van der Waals surface area contributed by atoms with Crippen molar-refractivity contribution in [2.75, 3.05) is 6.54 Å². The summed E-state index contributed by atoms with van der Waals surface area (Å²) in [6, 6.07) is 15.0. The predicted octanol–water partition coefficient (Wildman–Crippen LogP) is 4.57. The molecular formula is C28H23ClN2O7. The molecule has 5 rings (SSSR count). The minimum atomic E-state index is -0.728. The molecule has 0 unspecified atom stereocenters. The van der Waals surface area contributed by atoms with Gasteiger partial charge in [0.1, 0.15) is 12.3 Å². The van der Waals surface area contributed by atoms with E-state index in [1.165, 1.54) is 48.7 Å². The van der Waals surface area contributed by atoms with Crippen LogP contribution in [0.4, 0.5) is 0 Å². The molecule has 194 valence electrons. The highest BCUT2D eigenvalue weighted by Crippen LogP contribution is 2.39. The molecule has 2 aliphatic rings. The summed E-state index contributed by atoms with van der Waals surface area (Å²) in [7, 11) is 0. The van der Waals surface area contributed by atoms with Gasteiger partial charge in [-0.1, -0.05) is 36.6 Å². The fourth-order valence-electron chi connectivity index (χ4n) is 4.88. The van der Waals surface area contributed by atoms with Crippen LogP contribution in [0.2, 0.25) is 5.02 Å². The van der Waals surface area contributed by atoms with Crippen LogP contribution in [0, 0.1) is 11.8 Å². The highest BCUT2D eigenvalue weighted by atomic mass is 35.5. The zero-order chi connectivity index (χ0) is 26.8. The molecule has 9 nitrogen and oxygen atoms in total. The smallest absolute Gasteiger partial charge is 0.379 e. The Balaban J connectivity index is 1.39. The Morgan fingerprint density at radius 3 is 2.18 bits per heavy atom. The number of ketones is 1. The molecule has 1 saturated heterocycles. The van der Waals surface area contributed by atoms with Gasteiger partial charge in [-0.2, -0.15) is 5.01 Å². The normalized spacial score (nSPS) is 18.7. The highest BCUT2D eigenvalue weighted by Gasteiger charge is 2.52. The number of hydrazine groups is 1. The van der Waals surface area contributed by atoms with Gasteiger partial charge in [0.05, 0.1) is 28.7 Å². The Bertz CT molecular complexity index is 1380. The van der Waals surface area contributed by atoms with E-state index in [1.807, 2.05) is 0 Å². The summed E-state index contributed by atoms with van der Waals surface area (Å²) in [5.41, 5.74) is 0.258. The summed E-state index contributed by atoms with van der Waals surface area (Å²) in [6.45, 7) is -0.563. The Morgan fingerprint density at radius 2 is 1.58 bits per heavy atom. The Hall–Kier alpha value is -4.24. The summed E-state index contributed by atoms with van der Waals surface area (Å²) in [5, 5.41) is 1.87. The molecule has 0 radical (unpaired) electrons. The maximum absolute atomic E-state index is 13.6. The van der Waals surface area contributed by atoms with E-state index in [1.54, 1.807) is 18.2 Å². The van der Waals surface area contributed by atoms with Crippen molar-refractivity contribution in [3.05, 3.63) is 88.8 Å². The van der Waals surface area contributed by atoms with Crippen LogP contribution in [0.25, 0.3) is 0 Å². The van der Waals surface area contributed by atoms with E-state index in [9.17, 15) is 24.0 Å². The van der Waals surface area contributed by atoms with E-state index < -0.39 is 47.9 Å². The molecular weight excluding hydrogens is 512 g/mol. The van der Waals surface area contributed by atoms with Crippen molar-refractivity contribution in [3.63, 3.8) is 0 Å². The van der Waals surface area contributed by atoms with E-state index in [0.29, 0.717) is 12.8 Å². The van der Waals surface area contributed by atoms with E-state index in [-0.39, 0.29) is 27.7 Å². The van der Waals surface area contributed by atoms with Crippen LogP contribution < -0.4 is 4.74 Å². The molecule has 0 N–H and O–H groups in total. The quantitative estimate of drug-likeness (QED) is 0.189. The SMILES string of the molecule is O=C(CN(C(=O)c1ccccc1Cl)N1C(=O)[C@H]2CCCC[C@@H]2C1=O)c1ccc(OC(=O)c2ccco2)cc1. The molecule has 2 atom stereocenters. The van der Waals surface area contributed by atoms with Crippen molar-refractivity contribution in [1.82, 2.24) is 10.0 Å². The van der Waals surface area contributed by atoms with Crippen LogP contribution in [-0.4, -0.2) is 46.0 Å². The zero-order valence-electron chi connectivity index (χ0n) is 20.2. The first-order valence-corrected chi connectivity index (χ1v) is 12.6. The molecule has 2 aromatic carbocycles. The number of hydrogen-bond acceptors (Lipinski definition) is 7. The predicted molar refractivity (Wildman–Crippen MR) is 134 cm³/mol. The van der Waals surface area contributed by atoms with Crippen LogP contribution >= 0.6 is 11.6 Å². The lowest BCUT2D eigenvalue weighted by Crippen LogP contribution is -2.52. The second kappa shape index (κ2) is 10.6. The number of carbonyl (C=O) groups excluding carboxylic acids is 5. The van der Waals surface area contributed by atoms with Gasteiger partial charge in [0.25, 0.3) is 17.7 Å². The van der Waals surface area contributed by atoms with Crippen LogP contribution in [0.15, 0.2) is 71.3 Å². The van der Waals surface area contributed by atoms with Gasteiger partial charge >= 0.3 is 5.97 Å². The fourth-order valence-corrected chi connectivity index (χ4v) is 5.09. The number of halogens is 1. The number of ether oxygens (including phenoxy) is 1. The lowest BCUT2D eigenvalue weighted by molar-refractivity contribution is -0.154. The van der Waals surface area contributed by atoms with Gasteiger partial charge in [-0.15, -0.1) is 0 Å². The molecule has 3 aromatic rings. The van der Waals surface area contributed by atoms with Crippen molar-refractivity contribution in [2.24, 2.45) is 11.8 Å². The summed E-state index contributed by atoms with van der Waals surface area (Å²) in [6.07, 6.45) is 4.11. The topological polar surface area (TPSA) is 114 Å². The number of Topliss-reactive ketones (excluding diaryl/α,β-unsaturated/α-hetero) is 1. The molecule has 1 aliphatic carbocycles. The number of carbonyl (C=O) groups is 5. The second-order valence-corrected chi connectivity index (χ2v) is 9.55. The van der Waals surface area contributed by atoms with Gasteiger partial charge < -0.3 is 9.15 Å². The molecule has 2 fully saturated rings. The molecule has 0 bridgehead atoms. The number of imide groups is 1. The molecule has 38 heavy (non-hydrogen) atoms. The number of esters is 1. The number of nitrogens with zero attached hydrogens (tertiary/aromatic N) is 2. The average molecular weight is 535 g/mol. The molecule has 1 saturated carbocycles. The fraction of sp³-hybridized carbons (Fsp3) is 0.250. The first-order chi connectivity index (χ1) is 18.3. The Kier molecular flexibility index (Phi) is 7.11. The number of rotatable bonds is 7. The Morgan fingerprint density at radius 1 is 0.921 bits per heavy atom. The van der Waals surface area contributed by atoms with Gasteiger partial charge in [-0.25, -0.2) is 9.80 Å². The number of furan rings is 1. The third-order valence-electron chi connectivity index (χ3n) is 6.80. The maximum atomic E-state index is 13.6. The molecule has 1 aromatic heterocycles. The van der Waals surface area contributed by atoms with Crippen molar-refractivity contribution in [2.45, 2.75) is 25.7 Å². The van der Waals surface area contributed by atoms with Crippen molar-refractivity contribution in [1.29, 1.82) is 0 Å². The number of fused-ring (bicyclic) bond motifs is 1. The largest absolute Gasteiger partial charge is 0.457 e. The maximum Gasteiger partial charge on any atom is 0.379 e. The summed E-state index contributed by atoms with van der Waals surface area (Å²) >= 11 is 6.25. The van der Waals surface area contributed by atoms with Crippen molar-refractivity contribution >= 4 is 41.1 Å².